The van der Waals surface area contributed by atoms with Gasteiger partial charge < -0.3 is 11.1 Å². The summed E-state index contributed by atoms with van der Waals surface area (Å²) in [6.07, 6.45) is 1.45. The number of nitrogens with one attached hydrogen (secondary N) is 1. The summed E-state index contributed by atoms with van der Waals surface area (Å²) in [6, 6.07) is 7.82. The number of hydrogen-bond acceptors (Lipinski definition) is 2. The van der Waals surface area contributed by atoms with Gasteiger partial charge in [0.15, 0.2) is 0 Å². The summed E-state index contributed by atoms with van der Waals surface area (Å²) in [6.45, 7) is 8.44. The maximum atomic E-state index is 12.2. The average molecular weight is 341 g/mol. The molecule has 1 aromatic carbocycles. The number of para-hydroxylation sites is 1. The molecule has 0 bridgehead atoms. The van der Waals surface area contributed by atoms with Crippen LogP contribution in [0.2, 0.25) is 0 Å². The molecule has 1 rings (SSSR count). The third kappa shape index (κ3) is 4.51. The van der Waals surface area contributed by atoms with Gasteiger partial charge in [-0.05, 0) is 52.7 Å². The third-order valence-electron chi connectivity index (χ3n) is 3.23. The summed E-state index contributed by atoms with van der Waals surface area (Å²) in [4.78, 5) is 12.2. The minimum atomic E-state index is -0.702. The Balaban J connectivity index is 3.14. The normalized spacial score (nSPS) is 11.9. The molecular formula is C16H25BrN2O. The Morgan fingerprint density at radius 1 is 1.20 bits per heavy atom. The predicted molar refractivity (Wildman–Crippen MR) is 88.6 cm³/mol. The van der Waals surface area contributed by atoms with Crippen LogP contribution < -0.4 is 11.1 Å². The second-order valence-electron chi connectivity index (χ2n) is 6.25. The van der Waals surface area contributed by atoms with Gasteiger partial charge in [-0.25, -0.2) is 0 Å². The van der Waals surface area contributed by atoms with E-state index in [1.165, 1.54) is 0 Å². The van der Waals surface area contributed by atoms with Crippen molar-refractivity contribution in [2.24, 2.45) is 17.6 Å². The minimum Gasteiger partial charge on any atom is -0.370 e. The van der Waals surface area contributed by atoms with E-state index in [0.717, 1.165) is 23.0 Å². The lowest BCUT2D eigenvalue weighted by atomic mass is 9.81. The van der Waals surface area contributed by atoms with Gasteiger partial charge >= 0.3 is 0 Å². The lowest BCUT2D eigenvalue weighted by molar-refractivity contribution is -0.123. The molecular weight excluding hydrogens is 316 g/mol. The van der Waals surface area contributed by atoms with Crippen molar-refractivity contribution in [3.05, 3.63) is 28.7 Å². The molecule has 0 aromatic heterocycles. The predicted octanol–water partition coefficient (Wildman–Crippen LogP) is 4.18. The minimum absolute atomic E-state index is 0.282. The molecule has 0 fully saturated rings. The standard InChI is InChI=1S/C16H25BrN2O/c1-11(2)9-16(15(18)20,10-12(3)4)19-14-8-6-5-7-13(14)17/h5-8,11-12,19H,9-10H2,1-4H3,(H2,18,20). The van der Waals surface area contributed by atoms with E-state index in [0.29, 0.717) is 11.8 Å². The first-order chi connectivity index (χ1) is 9.27. The van der Waals surface area contributed by atoms with Crippen LogP contribution in [0.4, 0.5) is 5.69 Å². The van der Waals surface area contributed by atoms with E-state index >= 15 is 0 Å². The van der Waals surface area contributed by atoms with Crippen LogP contribution in [0.15, 0.2) is 28.7 Å². The number of hydrogen-bond donors (Lipinski definition) is 2. The van der Waals surface area contributed by atoms with Gasteiger partial charge in [-0.1, -0.05) is 39.8 Å². The first-order valence-corrected chi connectivity index (χ1v) is 7.89. The van der Waals surface area contributed by atoms with Crippen LogP contribution in [0.5, 0.6) is 0 Å². The number of carbonyl (C=O) groups excluding carboxylic acids is 1. The van der Waals surface area contributed by atoms with E-state index in [2.05, 4.69) is 48.9 Å². The van der Waals surface area contributed by atoms with Gasteiger partial charge in [-0.2, -0.15) is 0 Å². The molecule has 1 amide bonds. The smallest absolute Gasteiger partial charge is 0.243 e. The van der Waals surface area contributed by atoms with E-state index in [4.69, 9.17) is 5.73 Å². The monoisotopic (exact) mass is 340 g/mol. The summed E-state index contributed by atoms with van der Waals surface area (Å²) in [7, 11) is 0. The molecule has 0 spiro atoms. The van der Waals surface area contributed by atoms with Crippen molar-refractivity contribution < 1.29 is 4.79 Å². The van der Waals surface area contributed by atoms with Gasteiger partial charge in [-0.15, -0.1) is 0 Å². The molecule has 112 valence electrons. The highest BCUT2D eigenvalue weighted by Gasteiger charge is 2.38. The lowest BCUT2D eigenvalue weighted by Gasteiger charge is -2.36. The summed E-state index contributed by atoms with van der Waals surface area (Å²) in [5.41, 5.74) is 5.96. The van der Waals surface area contributed by atoms with Crippen molar-refractivity contribution in [1.29, 1.82) is 0 Å². The van der Waals surface area contributed by atoms with Crippen LogP contribution in [-0.2, 0) is 4.79 Å². The highest BCUT2D eigenvalue weighted by atomic mass is 79.9. The lowest BCUT2D eigenvalue weighted by Crippen LogP contribution is -2.52. The van der Waals surface area contributed by atoms with Crippen LogP contribution in [0.1, 0.15) is 40.5 Å². The van der Waals surface area contributed by atoms with Crippen molar-refractivity contribution in [2.75, 3.05) is 5.32 Å². The summed E-state index contributed by atoms with van der Waals surface area (Å²) < 4.78 is 0.943. The number of amides is 1. The van der Waals surface area contributed by atoms with Crippen molar-refractivity contribution in [2.45, 2.75) is 46.1 Å². The maximum absolute atomic E-state index is 12.2. The average Bonchev–Trinajstić information content (AvgIpc) is 2.30. The quantitative estimate of drug-likeness (QED) is 0.782. The number of primary amides is 1. The SMILES string of the molecule is CC(C)CC(CC(C)C)(Nc1ccccc1Br)C(N)=O. The van der Waals surface area contributed by atoms with E-state index in [-0.39, 0.29) is 5.91 Å². The first kappa shape index (κ1) is 17.0. The molecule has 0 heterocycles. The molecule has 3 nitrogen and oxygen atoms in total. The Morgan fingerprint density at radius 3 is 2.10 bits per heavy atom. The van der Waals surface area contributed by atoms with Crippen LogP contribution >= 0.6 is 15.9 Å². The highest BCUT2D eigenvalue weighted by Crippen LogP contribution is 2.32. The number of nitrogens with two attached hydrogens (primary N) is 1. The zero-order valence-corrected chi connectivity index (χ0v) is 14.3. The molecule has 0 unspecified atom stereocenters. The molecule has 4 heteroatoms. The number of rotatable bonds is 7. The van der Waals surface area contributed by atoms with E-state index in [9.17, 15) is 4.79 Å². The number of benzene rings is 1. The summed E-state index contributed by atoms with van der Waals surface area (Å²) in [5.74, 6) is 0.489. The van der Waals surface area contributed by atoms with Crippen molar-refractivity contribution in [3.8, 4) is 0 Å². The number of carbonyl (C=O) groups is 1. The fourth-order valence-corrected chi connectivity index (χ4v) is 3.05. The first-order valence-electron chi connectivity index (χ1n) is 7.09. The molecule has 3 N–H and O–H groups in total. The molecule has 0 aliphatic rings. The fourth-order valence-electron chi connectivity index (χ4n) is 2.66. The Morgan fingerprint density at radius 2 is 1.70 bits per heavy atom. The van der Waals surface area contributed by atoms with Gasteiger partial charge in [0.05, 0.1) is 0 Å². The topological polar surface area (TPSA) is 55.1 Å². The number of halogens is 1. The zero-order valence-electron chi connectivity index (χ0n) is 12.7. The molecule has 0 radical (unpaired) electrons. The highest BCUT2D eigenvalue weighted by molar-refractivity contribution is 9.10. The maximum Gasteiger partial charge on any atom is 0.243 e. The van der Waals surface area contributed by atoms with Crippen LogP contribution in [-0.4, -0.2) is 11.4 Å². The number of anilines is 1. The molecule has 1 aromatic rings. The van der Waals surface area contributed by atoms with Gasteiger partial charge in [-0.3, -0.25) is 4.79 Å². The van der Waals surface area contributed by atoms with Gasteiger partial charge in [0.2, 0.25) is 5.91 Å². The zero-order chi connectivity index (χ0) is 15.3. The second kappa shape index (κ2) is 7.11. The molecule has 0 saturated heterocycles. The largest absolute Gasteiger partial charge is 0.370 e. The van der Waals surface area contributed by atoms with E-state index < -0.39 is 5.54 Å². The van der Waals surface area contributed by atoms with Gasteiger partial charge in [0.25, 0.3) is 0 Å². The van der Waals surface area contributed by atoms with Gasteiger partial charge in [0, 0.05) is 10.2 Å². The van der Waals surface area contributed by atoms with Gasteiger partial charge in [0.1, 0.15) is 5.54 Å². The van der Waals surface area contributed by atoms with Crippen molar-refractivity contribution in [1.82, 2.24) is 0 Å². The third-order valence-corrected chi connectivity index (χ3v) is 3.92. The summed E-state index contributed by atoms with van der Waals surface area (Å²) >= 11 is 3.52. The molecule has 0 saturated carbocycles. The molecule has 0 atom stereocenters. The Labute approximate surface area is 130 Å². The molecule has 0 aliphatic heterocycles. The van der Waals surface area contributed by atoms with Crippen molar-refractivity contribution in [3.63, 3.8) is 0 Å². The Bertz CT molecular complexity index is 448. The summed E-state index contributed by atoms with van der Waals surface area (Å²) in [5, 5.41) is 3.40. The van der Waals surface area contributed by atoms with E-state index in [1.807, 2.05) is 24.3 Å². The van der Waals surface area contributed by atoms with E-state index in [1.54, 1.807) is 0 Å². The Hall–Kier alpha value is -1.03. The Kier molecular flexibility index (Phi) is 6.06. The van der Waals surface area contributed by atoms with Crippen LogP contribution in [0.25, 0.3) is 0 Å². The van der Waals surface area contributed by atoms with Crippen molar-refractivity contribution >= 4 is 27.5 Å². The van der Waals surface area contributed by atoms with Crippen LogP contribution in [0.3, 0.4) is 0 Å². The fraction of sp³-hybridized carbons (Fsp3) is 0.562. The van der Waals surface area contributed by atoms with Crippen LogP contribution in [0, 0.1) is 11.8 Å². The molecule has 20 heavy (non-hydrogen) atoms. The second-order valence-corrected chi connectivity index (χ2v) is 7.10. The molecule has 0 aliphatic carbocycles.